The molecule has 1 aliphatic carbocycles. The van der Waals surface area contributed by atoms with Crippen LogP contribution in [0.4, 0.5) is 10.5 Å². The minimum absolute atomic E-state index is 0.00985. The van der Waals surface area contributed by atoms with Crippen LogP contribution in [0.15, 0.2) is 30.6 Å². The molecule has 5 nitrogen and oxygen atoms in total. The van der Waals surface area contributed by atoms with Crippen molar-refractivity contribution in [1.29, 1.82) is 0 Å². The lowest BCUT2D eigenvalue weighted by molar-refractivity contribution is 0.104. The fourth-order valence-corrected chi connectivity index (χ4v) is 4.43. The van der Waals surface area contributed by atoms with Crippen molar-refractivity contribution >= 4 is 22.8 Å². The first kappa shape index (κ1) is 15.4. The zero-order chi connectivity index (χ0) is 16.9. The van der Waals surface area contributed by atoms with Crippen molar-refractivity contribution in [3.63, 3.8) is 0 Å². The molecule has 1 aromatic carbocycles. The lowest BCUT2D eigenvalue weighted by atomic mass is 9.65. The molecule has 2 aromatic rings. The first-order valence-corrected chi connectivity index (χ1v) is 8.72. The van der Waals surface area contributed by atoms with E-state index in [0.717, 1.165) is 36.1 Å². The third-order valence-electron chi connectivity index (χ3n) is 6.13. The smallest absolute Gasteiger partial charge is 0.321 e. The molecule has 2 aliphatic rings. The van der Waals surface area contributed by atoms with E-state index in [4.69, 9.17) is 0 Å². The molecular formula is C19H24N4O. The molecule has 5 heteroatoms. The minimum Gasteiger partial charge on any atom is -0.321 e. The SMILES string of the molecule is C[C@@H]1[C@@H]2C[C@H](CC1(C)C)N(C(=O)Nc1ccc3nccnc3c1)C2. The molecule has 1 aromatic heterocycles. The number of urea groups is 1. The number of hydrogen-bond donors (Lipinski definition) is 1. The number of amides is 2. The van der Waals surface area contributed by atoms with Crippen LogP contribution in [0.25, 0.3) is 11.0 Å². The standard InChI is InChI=1S/C19H24N4O/c1-12-13-8-15(10-19(12,2)3)23(11-13)18(24)22-14-4-5-16-17(9-14)21-7-6-20-16/h4-7,9,12-13,15H,8,10-11H2,1-3H3,(H,22,24)/t12-,13-,15-/m1/s1. The molecule has 4 rings (SSSR count). The van der Waals surface area contributed by atoms with Gasteiger partial charge in [-0.3, -0.25) is 9.97 Å². The van der Waals surface area contributed by atoms with E-state index in [2.05, 4.69) is 36.1 Å². The number of nitrogens with zero attached hydrogens (tertiary/aromatic N) is 3. The van der Waals surface area contributed by atoms with Gasteiger partial charge >= 0.3 is 6.03 Å². The van der Waals surface area contributed by atoms with Crippen LogP contribution in [0.3, 0.4) is 0 Å². The molecule has 2 amide bonds. The van der Waals surface area contributed by atoms with Crippen LogP contribution in [0.2, 0.25) is 0 Å². The Kier molecular flexibility index (Phi) is 3.48. The monoisotopic (exact) mass is 324 g/mol. The van der Waals surface area contributed by atoms with E-state index in [-0.39, 0.29) is 6.03 Å². The Morgan fingerprint density at radius 2 is 2.00 bits per heavy atom. The van der Waals surface area contributed by atoms with E-state index in [1.165, 1.54) is 0 Å². The molecule has 2 fully saturated rings. The van der Waals surface area contributed by atoms with Crippen molar-refractivity contribution in [3.05, 3.63) is 30.6 Å². The molecule has 1 saturated heterocycles. The molecule has 0 radical (unpaired) electrons. The molecule has 2 heterocycles. The summed E-state index contributed by atoms with van der Waals surface area (Å²) in [7, 11) is 0. The summed E-state index contributed by atoms with van der Waals surface area (Å²) in [5.74, 6) is 1.27. The van der Waals surface area contributed by atoms with Gasteiger partial charge in [0.2, 0.25) is 0 Å². The molecule has 24 heavy (non-hydrogen) atoms. The average molecular weight is 324 g/mol. The normalized spacial score (nSPS) is 28.1. The van der Waals surface area contributed by atoms with E-state index >= 15 is 0 Å². The van der Waals surface area contributed by atoms with Gasteiger partial charge in [0.1, 0.15) is 0 Å². The second-order valence-corrected chi connectivity index (χ2v) is 7.97. The van der Waals surface area contributed by atoms with Gasteiger partial charge in [-0.1, -0.05) is 20.8 Å². The van der Waals surface area contributed by atoms with Crippen LogP contribution in [-0.4, -0.2) is 33.5 Å². The van der Waals surface area contributed by atoms with E-state index in [9.17, 15) is 4.79 Å². The van der Waals surface area contributed by atoms with Gasteiger partial charge in [0.05, 0.1) is 11.0 Å². The lowest BCUT2D eigenvalue weighted by Crippen LogP contribution is -2.41. The third kappa shape index (κ3) is 2.52. The van der Waals surface area contributed by atoms with E-state index in [0.29, 0.717) is 23.3 Å². The fourth-order valence-electron chi connectivity index (χ4n) is 4.43. The summed E-state index contributed by atoms with van der Waals surface area (Å²) in [5, 5.41) is 3.05. The Balaban J connectivity index is 1.52. The van der Waals surface area contributed by atoms with Gasteiger partial charge in [0.15, 0.2) is 0 Å². The first-order chi connectivity index (χ1) is 11.4. The molecule has 1 N–H and O–H groups in total. The first-order valence-electron chi connectivity index (χ1n) is 8.72. The number of fused-ring (bicyclic) bond motifs is 3. The molecule has 3 atom stereocenters. The summed E-state index contributed by atoms with van der Waals surface area (Å²) in [6, 6.07) is 6.04. The van der Waals surface area contributed by atoms with Crippen LogP contribution < -0.4 is 5.32 Å². The largest absolute Gasteiger partial charge is 0.322 e. The summed E-state index contributed by atoms with van der Waals surface area (Å²) < 4.78 is 0. The Morgan fingerprint density at radius 1 is 1.25 bits per heavy atom. The Morgan fingerprint density at radius 3 is 2.79 bits per heavy atom. The summed E-state index contributed by atoms with van der Waals surface area (Å²) >= 11 is 0. The van der Waals surface area contributed by atoms with Crippen molar-refractivity contribution in [1.82, 2.24) is 14.9 Å². The van der Waals surface area contributed by atoms with E-state index < -0.39 is 0 Å². The van der Waals surface area contributed by atoms with Crippen LogP contribution in [0.1, 0.15) is 33.6 Å². The summed E-state index contributed by atoms with van der Waals surface area (Å²) in [6.45, 7) is 7.87. The Labute approximate surface area is 142 Å². The van der Waals surface area contributed by atoms with Crippen molar-refractivity contribution in [3.8, 4) is 0 Å². The summed E-state index contributed by atoms with van der Waals surface area (Å²) in [5.41, 5.74) is 2.72. The maximum Gasteiger partial charge on any atom is 0.322 e. The molecule has 0 spiro atoms. The van der Waals surface area contributed by atoms with Crippen LogP contribution in [-0.2, 0) is 0 Å². The highest BCUT2D eigenvalue weighted by molar-refractivity contribution is 5.92. The van der Waals surface area contributed by atoms with Gasteiger partial charge in [0, 0.05) is 30.7 Å². The molecule has 126 valence electrons. The molecule has 2 bridgehead atoms. The third-order valence-corrected chi connectivity index (χ3v) is 6.13. The summed E-state index contributed by atoms with van der Waals surface area (Å²) in [4.78, 5) is 23.4. The van der Waals surface area contributed by atoms with Crippen molar-refractivity contribution in [2.24, 2.45) is 17.3 Å². The Bertz CT molecular complexity index is 788. The number of nitrogens with one attached hydrogen (secondary N) is 1. The lowest BCUT2D eigenvalue weighted by Gasteiger charge is -2.40. The molecular weight excluding hydrogens is 300 g/mol. The second kappa shape index (κ2) is 5.43. The number of rotatable bonds is 1. The van der Waals surface area contributed by atoms with E-state index in [1.54, 1.807) is 12.4 Å². The number of benzene rings is 1. The highest BCUT2D eigenvalue weighted by Gasteiger charge is 2.48. The topological polar surface area (TPSA) is 58.1 Å². The van der Waals surface area contributed by atoms with Gasteiger partial charge in [-0.25, -0.2) is 4.79 Å². The number of carbonyl (C=O) groups excluding carboxylic acids is 1. The van der Waals surface area contributed by atoms with Gasteiger partial charge < -0.3 is 10.2 Å². The zero-order valence-electron chi connectivity index (χ0n) is 14.5. The fraction of sp³-hybridized carbons (Fsp3) is 0.526. The molecule has 1 saturated carbocycles. The Hall–Kier alpha value is -2.17. The quantitative estimate of drug-likeness (QED) is 0.865. The highest BCUT2D eigenvalue weighted by atomic mass is 16.2. The number of likely N-dealkylation sites (tertiary alicyclic amines) is 1. The maximum absolute atomic E-state index is 12.8. The van der Waals surface area contributed by atoms with E-state index in [1.807, 2.05) is 23.1 Å². The number of carbonyl (C=O) groups is 1. The predicted molar refractivity (Wildman–Crippen MR) is 94.7 cm³/mol. The van der Waals surface area contributed by atoms with Gasteiger partial charge in [-0.2, -0.15) is 0 Å². The van der Waals surface area contributed by atoms with Crippen LogP contribution in [0, 0.1) is 17.3 Å². The predicted octanol–water partition coefficient (Wildman–Crippen LogP) is 3.92. The van der Waals surface area contributed by atoms with Gasteiger partial charge in [-0.15, -0.1) is 0 Å². The maximum atomic E-state index is 12.8. The zero-order valence-corrected chi connectivity index (χ0v) is 14.5. The minimum atomic E-state index is 0.00985. The summed E-state index contributed by atoms with van der Waals surface area (Å²) in [6.07, 6.45) is 5.57. The average Bonchev–Trinajstić information content (AvgIpc) is 2.92. The second-order valence-electron chi connectivity index (χ2n) is 7.97. The van der Waals surface area contributed by atoms with Crippen LogP contribution in [0.5, 0.6) is 0 Å². The highest BCUT2D eigenvalue weighted by Crippen LogP contribution is 2.49. The van der Waals surface area contributed by atoms with Gasteiger partial charge in [0.25, 0.3) is 0 Å². The molecule has 1 aliphatic heterocycles. The number of anilines is 1. The van der Waals surface area contributed by atoms with Gasteiger partial charge in [-0.05, 0) is 48.3 Å². The number of hydrogen-bond acceptors (Lipinski definition) is 3. The van der Waals surface area contributed by atoms with Crippen molar-refractivity contribution < 1.29 is 4.79 Å². The number of aromatic nitrogens is 2. The van der Waals surface area contributed by atoms with Crippen LogP contribution >= 0.6 is 0 Å². The van der Waals surface area contributed by atoms with Crippen molar-refractivity contribution in [2.45, 2.75) is 39.7 Å². The molecule has 0 unspecified atom stereocenters. The van der Waals surface area contributed by atoms with Crippen molar-refractivity contribution in [2.75, 3.05) is 11.9 Å².